The molecule has 0 radical (unpaired) electrons. The third kappa shape index (κ3) is 4.28. The molecular formula is C16H31N. The SMILES string of the molecule is CC1CCCC(NC2CC(C)CC(C)C2)CC1. The van der Waals surface area contributed by atoms with E-state index in [0.717, 1.165) is 29.8 Å². The highest BCUT2D eigenvalue weighted by atomic mass is 15.0. The van der Waals surface area contributed by atoms with Crippen LogP contribution in [0, 0.1) is 17.8 Å². The molecule has 0 aromatic rings. The van der Waals surface area contributed by atoms with Gasteiger partial charge in [-0.1, -0.05) is 33.6 Å². The van der Waals surface area contributed by atoms with Crippen molar-refractivity contribution < 1.29 is 0 Å². The largest absolute Gasteiger partial charge is 0.311 e. The Hall–Kier alpha value is -0.0400. The molecule has 4 unspecified atom stereocenters. The molecule has 0 bridgehead atoms. The highest BCUT2D eigenvalue weighted by Gasteiger charge is 2.26. The fraction of sp³-hybridized carbons (Fsp3) is 1.00. The maximum Gasteiger partial charge on any atom is 0.00747 e. The first-order chi connectivity index (χ1) is 8.13. The van der Waals surface area contributed by atoms with Gasteiger partial charge in [-0.3, -0.25) is 0 Å². The van der Waals surface area contributed by atoms with Crippen molar-refractivity contribution in [2.24, 2.45) is 17.8 Å². The van der Waals surface area contributed by atoms with Crippen LogP contribution in [-0.2, 0) is 0 Å². The first-order valence-electron chi connectivity index (χ1n) is 7.89. The highest BCUT2D eigenvalue weighted by molar-refractivity contribution is 4.83. The Morgan fingerprint density at radius 1 is 0.647 bits per heavy atom. The van der Waals surface area contributed by atoms with Crippen LogP contribution in [0.4, 0.5) is 0 Å². The predicted octanol–water partition coefficient (Wildman–Crippen LogP) is 4.37. The number of hydrogen-bond donors (Lipinski definition) is 1. The predicted molar refractivity (Wildman–Crippen MR) is 75.1 cm³/mol. The Bertz CT molecular complexity index is 216. The zero-order valence-corrected chi connectivity index (χ0v) is 12.0. The van der Waals surface area contributed by atoms with Crippen molar-refractivity contribution in [2.45, 2.75) is 84.2 Å². The van der Waals surface area contributed by atoms with E-state index in [2.05, 4.69) is 26.1 Å². The molecule has 0 spiro atoms. The average Bonchev–Trinajstić information content (AvgIpc) is 2.42. The zero-order valence-electron chi connectivity index (χ0n) is 12.0. The smallest absolute Gasteiger partial charge is 0.00747 e. The third-order valence-corrected chi connectivity index (χ3v) is 4.91. The molecule has 0 amide bonds. The Kier molecular flexibility index (Phi) is 4.90. The van der Waals surface area contributed by atoms with Crippen LogP contribution in [0.5, 0.6) is 0 Å². The zero-order chi connectivity index (χ0) is 12.3. The normalized spacial score (nSPS) is 44.3. The van der Waals surface area contributed by atoms with Gasteiger partial charge in [0.2, 0.25) is 0 Å². The molecule has 2 saturated carbocycles. The van der Waals surface area contributed by atoms with Crippen molar-refractivity contribution in [3.8, 4) is 0 Å². The Morgan fingerprint density at radius 2 is 1.35 bits per heavy atom. The van der Waals surface area contributed by atoms with Gasteiger partial charge in [0.25, 0.3) is 0 Å². The Labute approximate surface area is 108 Å². The third-order valence-electron chi connectivity index (χ3n) is 4.91. The van der Waals surface area contributed by atoms with Crippen LogP contribution in [0.3, 0.4) is 0 Å². The molecule has 2 rings (SSSR count). The number of nitrogens with one attached hydrogen (secondary N) is 1. The van der Waals surface area contributed by atoms with Crippen LogP contribution >= 0.6 is 0 Å². The lowest BCUT2D eigenvalue weighted by atomic mass is 9.80. The summed E-state index contributed by atoms with van der Waals surface area (Å²) >= 11 is 0. The molecular weight excluding hydrogens is 206 g/mol. The van der Waals surface area contributed by atoms with E-state index in [1.165, 1.54) is 51.4 Å². The highest BCUT2D eigenvalue weighted by Crippen LogP contribution is 2.30. The summed E-state index contributed by atoms with van der Waals surface area (Å²) in [4.78, 5) is 0. The van der Waals surface area contributed by atoms with Gasteiger partial charge < -0.3 is 5.32 Å². The van der Waals surface area contributed by atoms with Crippen molar-refractivity contribution in [3.63, 3.8) is 0 Å². The van der Waals surface area contributed by atoms with Crippen molar-refractivity contribution in [1.29, 1.82) is 0 Å². The minimum absolute atomic E-state index is 0.812. The summed E-state index contributed by atoms with van der Waals surface area (Å²) in [5, 5.41) is 3.98. The van der Waals surface area contributed by atoms with Crippen LogP contribution in [-0.4, -0.2) is 12.1 Å². The van der Waals surface area contributed by atoms with Gasteiger partial charge >= 0.3 is 0 Å². The van der Waals surface area contributed by atoms with E-state index >= 15 is 0 Å². The minimum atomic E-state index is 0.812. The van der Waals surface area contributed by atoms with Crippen LogP contribution in [0.25, 0.3) is 0 Å². The Morgan fingerprint density at radius 3 is 2.06 bits per heavy atom. The van der Waals surface area contributed by atoms with Gasteiger partial charge in [0, 0.05) is 12.1 Å². The van der Waals surface area contributed by atoms with Gasteiger partial charge in [0.05, 0.1) is 0 Å². The van der Waals surface area contributed by atoms with E-state index in [0.29, 0.717) is 0 Å². The summed E-state index contributed by atoms with van der Waals surface area (Å²) in [6.45, 7) is 7.28. The van der Waals surface area contributed by atoms with Gasteiger partial charge in [-0.05, 0) is 56.3 Å². The van der Waals surface area contributed by atoms with Crippen molar-refractivity contribution >= 4 is 0 Å². The quantitative estimate of drug-likeness (QED) is 0.703. The Balaban J connectivity index is 1.79. The fourth-order valence-electron chi connectivity index (χ4n) is 4.07. The van der Waals surface area contributed by atoms with E-state index in [1.54, 1.807) is 0 Å². The van der Waals surface area contributed by atoms with Crippen LogP contribution in [0.2, 0.25) is 0 Å². The summed E-state index contributed by atoms with van der Waals surface area (Å²) in [7, 11) is 0. The number of hydrogen-bond acceptors (Lipinski definition) is 1. The second-order valence-electron chi connectivity index (χ2n) is 7.09. The summed E-state index contributed by atoms with van der Waals surface area (Å²) in [5.74, 6) is 2.83. The van der Waals surface area contributed by atoms with Crippen molar-refractivity contribution in [3.05, 3.63) is 0 Å². The average molecular weight is 237 g/mol. The number of rotatable bonds is 2. The first kappa shape index (κ1) is 13.4. The molecule has 1 heteroatoms. The van der Waals surface area contributed by atoms with Crippen LogP contribution in [0.15, 0.2) is 0 Å². The van der Waals surface area contributed by atoms with Gasteiger partial charge in [-0.15, -0.1) is 0 Å². The molecule has 17 heavy (non-hydrogen) atoms. The maximum absolute atomic E-state index is 3.98. The molecule has 0 saturated heterocycles. The topological polar surface area (TPSA) is 12.0 Å². The molecule has 1 nitrogen and oxygen atoms in total. The lowest BCUT2D eigenvalue weighted by molar-refractivity contribution is 0.220. The first-order valence-corrected chi connectivity index (χ1v) is 7.89. The molecule has 1 N–H and O–H groups in total. The van der Waals surface area contributed by atoms with Crippen molar-refractivity contribution in [2.75, 3.05) is 0 Å². The van der Waals surface area contributed by atoms with Crippen molar-refractivity contribution in [1.82, 2.24) is 5.32 Å². The fourth-order valence-corrected chi connectivity index (χ4v) is 4.07. The van der Waals surface area contributed by atoms with Gasteiger partial charge in [-0.2, -0.15) is 0 Å². The van der Waals surface area contributed by atoms with Gasteiger partial charge in [0.15, 0.2) is 0 Å². The van der Waals surface area contributed by atoms with E-state index in [1.807, 2.05) is 0 Å². The molecule has 2 aliphatic rings. The lowest BCUT2D eigenvalue weighted by Crippen LogP contribution is -2.42. The summed E-state index contributed by atoms with van der Waals surface area (Å²) in [5.41, 5.74) is 0. The molecule has 2 aliphatic carbocycles. The standard InChI is InChI=1S/C16H31N/c1-12-5-4-6-15(8-7-12)17-16-10-13(2)9-14(3)11-16/h12-17H,4-11H2,1-3H3. The van der Waals surface area contributed by atoms with E-state index in [9.17, 15) is 0 Å². The van der Waals surface area contributed by atoms with Crippen LogP contribution < -0.4 is 5.32 Å². The van der Waals surface area contributed by atoms with Gasteiger partial charge in [0.1, 0.15) is 0 Å². The molecule has 0 aromatic heterocycles. The lowest BCUT2D eigenvalue weighted by Gasteiger charge is -2.34. The molecule has 0 aliphatic heterocycles. The minimum Gasteiger partial charge on any atom is -0.311 e. The van der Waals surface area contributed by atoms with E-state index < -0.39 is 0 Å². The summed E-state index contributed by atoms with van der Waals surface area (Å²) < 4.78 is 0. The van der Waals surface area contributed by atoms with E-state index in [-0.39, 0.29) is 0 Å². The molecule has 4 atom stereocenters. The second-order valence-corrected chi connectivity index (χ2v) is 7.09. The maximum atomic E-state index is 3.98. The molecule has 0 aromatic carbocycles. The van der Waals surface area contributed by atoms with E-state index in [4.69, 9.17) is 0 Å². The summed E-state index contributed by atoms with van der Waals surface area (Å²) in [6, 6.07) is 1.63. The molecule has 100 valence electrons. The van der Waals surface area contributed by atoms with Gasteiger partial charge in [-0.25, -0.2) is 0 Å². The second kappa shape index (κ2) is 6.22. The summed E-state index contributed by atoms with van der Waals surface area (Å²) in [6.07, 6.45) is 11.4. The molecule has 2 fully saturated rings. The molecule has 0 heterocycles. The van der Waals surface area contributed by atoms with Crippen LogP contribution in [0.1, 0.15) is 72.1 Å². The monoisotopic (exact) mass is 237 g/mol.